The predicted octanol–water partition coefficient (Wildman–Crippen LogP) is 4.60. The van der Waals surface area contributed by atoms with E-state index in [9.17, 15) is 0 Å². The number of hydrogen-bond donors (Lipinski definition) is 1. The molecule has 1 aromatic rings. The first-order valence-electron chi connectivity index (χ1n) is 5.58. The van der Waals surface area contributed by atoms with Crippen molar-refractivity contribution in [3.63, 3.8) is 0 Å². The minimum Gasteiger partial charge on any atom is -0.320 e. The molecule has 0 fully saturated rings. The standard InChI is InChI=1S/C13H15BrClN/c14-11-8-4-7-10(12(11)15)13(16)9-5-2-1-3-6-9/h4-5,7-8,13H,1-3,6,16H2. The van der Waals surface area contributed by atoms with Gasteiger partial charge in [-0.2, -0.15) is 0 Å². The molecule has 0 bridgehead atoms. The molecule has 1 aromatic carbocycles. The third-order valence-electron chi connectivity index (χ3n) is 3.04. The van der Waals surface area contributed by atoms with Crippen molar-refractivity contribution in [1.82, 2.24) is 0 Å². The van der Waals surface area contributed by atoms with E-state index in [1.54, 1.807) is 0 Å². The van der Waals surface area contributed by atoms with Crippen molar-refractivity contribution in [3.8, 4) is 0 Å². The highest BCUT2D eigenvalue weighted by Gasteiger charge is 2.17. The molecule has 2 N–H and O–H groups in total. The van der Waals surface area contributed by atoms with Crippen LogP contribution < -0.4 is 5.73 Å². The van der Waals surface area contributed by atoms with Gasteiger partial charge in [-0.1, -0.05) is 35.4 Å². The Balaban J connectivity index is 2.29. The van der Waals surface area contributed by atoms with Crippen molar-refractivity contribution in [2.45, 2.75) is 31.7 Å². The average molecular weight is 301 g/mol. The average Bonchev–Trinajstić information content (AvgIpc) is 2.33. The van der Waals surface area contributed by atoms with Crippen LogP contribution in [0.2, 0.25) is 5.02 Å². The maximum absolute atomic E-state index is 6.27. The normalized spacial score (nSPS) is 18.1. The molecule has 0 heterocycles. The zero-order valence-corrected chi connectivity index (χ0v) is 11.4. The van der Waals surface area contributed by atoms with E-state index < -0.39 is 0 Å². The molecule has 2 rings (SSSR count). The van der Waals surface area contributed by atoms with Gasteiger partial charge in [0.1, 0.15) is 0 Å². The zero-order chi connectivity index (χ0) is 11.5. The molecule has 1 aliphatic rings. The van der Waals surface area contributed by atoms with E-state index in [2.05, 4.69) is 22.0 Å². The Morgan fingerprint density at radius 3 is 2.81 bits per heavy atom. The number of halogens is 2. The van der Waals surface area contributed by atoms with Crippen LogP contribution in [0.3, 0.4) is 0 Å². The van der Waals surface area contributed by atoms with Crippen molar-refractivity contribution < 1.29 is 0 Å². The molecule has 0 aliphatic heterocycles. The van der Waals surface area contributed by atoms with Crippen molar-refractivity contribution in [2.24, 2.45) is 5.73 Å². The molecule has 1 aliphatic carbocycles. The summed E-state index contributed by atoms with van der Waals surface area (Å²) in [4.78, 5) is 0. The van der Waals surface area contributed by atoms with Crippen LogP contribution >= 0.6 is 27.5 Å². The molecule has 0 amide bonds. The Morgan fingerprint density at radius 2 is 2.12 bits per heavy atom. The summed E-state index contributed by atoms with van der Waals surface area (Å²) < 4.78 is 0.915. The van der Waals surface area contributed by atoms with Crippen molar-refractivity contribution >= 4 is 27.5 Å². The number of hydrogen-bond acceptors (Lipinski definition) is 1. The fourth-order valence-electron chi connectivity index (χ4n) is 2.11. The van der Waals surface area contributed by atoms with Crippen molar-refractivity contribution in [3.05, 3.63) is 44.9 Å². The molecular weight excluding hydrogens is 286 g/mol. The molecule has 1 nitrogen and oxygen atoms in total. The lowest BCUT2D eigenvalue weighted by atomic mass is 9.90. The van der Waals surface area contributed by atoms with E-state index >= 15 is 0 Å². The summed E-state index contributed by atoms with van der Waals surface area (Å²) in [5.41, 5.74) is 8.61. The molecule has 0 saturated carbocycles. The summed E-state index contributed by atoms with van der Waals surface area (Å²) in [5.74, 6) is 0. The maximum atomic E-state index is 6.27. The van der Waals surface area contributed by atoms with Gasteiger partial charge < -0.3 is 5.73 Å². The quantitative estimate of drug-likeness (QED) is 0.794. The van der Waals surface area contributed by atoms with E-state index in [0.717, 1.165) is 27.9 Å². The zero-order valence-electron chi connectivity index (χ0n) is 9.05. The number of allylic oxidation sites excluding steroid dienone is 1. The number of benzene rings is 1. The smallest absolute Gasteiger partial charge is 0.0599 e. The van der Waals surface area contributed by atoms with Crippen LogP contribution in [0.15, 0.2) is 34.3 Å². The van der Waals surface area contributed by atoms with E-state index in [-0.39, 0.29) is 6.04 Å². The van der Waals surface area contributed by atoms with Crippen LogP contribution in [0.1, 0.15) is 37.3 Å². The van der Waals surface area contributed by atoms with Gasteiger partial charge in [0.05, 0.1) is 11.1 Å². The highest BCUT2D eigenvalue weighted by Crippen LogP contribution is 2.34. The van der Waals surface area contributed by atoms with E-state index in [4.69, 9.17) is 17.3 Å². The first-order chi connectivity index (χ1) is 7.70. The molecule has 0 saturated heterocycles. The van der Waals surface area contributed by atoms with Crippen LogP contribution in [0.4, 0.5) is 0 Å². The topological polar surface area (TPSA) is 26.0 Å². The molecular formula is C13H15BrClN. The molecule has 86 valence electrons. The Kier molecular flexibility index (Phi) is 4.06. The second-order valence-corrected chi connectivity index (χ2v) is 5.38. The second kappa shape index (κ2) is 5.35. The van der Waals surface area contributed by atoms with Gasteiger partial charge in [-0.05, 0) is 53.2 Å². The van der Waals surface area contributed by atoms with Crippen LogP contribution in [-0.2, 0) is 0 Å². The van der Waals surface area contributed by atoms with Gasteiger partial charge >= 0.3 is 0 Å². The molecule has 1 unspecified atom stereocenters. The summed E-state index contributed by atoms with van der Waals surface area (Å²) in [6, 6.07) is 5.88. The van der Waals surface area contributed by atoms with Gasteiger partial charge in [0.25, 0.3) is 0 Å². The van der Waals surface area contributed by atoms with Crippen LogP contribution in [0.5, 0.6) is 0 Å². The minimum absolute atomic E-state index is 0.0506. The summed E-state index contributed by atoms with van der Waals surface area (Å²) in [5, 5.41) is 0.737. The summed E-state index contributed by atoms with van der Waals surface area (Å²) >= 11 is 9.68. The predicted molar refractivity (Wildman–Crippen MR) is 72.6 cm³/mol. The van der Waals surface area contributed by atoms with Crippen molar-refractivity contribution in [2.75, 3.05) is 0 Å². The Labute approximate surface area is 110 Å². The van der Waals surface area contributed by atoms with Gasteiger partial charge in [-0.25, -0.2) is 0 Å². The summed E-state index contributed by atoms with van der Waals surface area (Å²) in [6.07, 6.45) is 7.04. The fourth-order valence-corrected chi connectivity index (χ4v) is 2.73. The molecule has 3 heteroatoms. The lowest BCUT2D eigenvalue weighted by molar-refractivity contribution is 0.648. The van der Waals surface area contributed by atoms with Crippen LogP contribution in [0, 0.1) is 0 Å². The van der Waals surface area contributed by atoms with E-state index in [1.807, 2.05) is 18.2 Å². The van der Waals surface area contributed by atoms with Gasteiger partial charge in [0.15, 0.2) is 0 Å². The lowest BCUT2D eigenvalue weighted by Gasteiger charge is -2.21. The van der Waals surface area contributed by atoms with Crippen LogP contribution in [-0.4, -0.2) is 0 Å². The molecule has 1 atom stereocenters. The van der Waals surface area contributed by atoms with Crippen LogP contribution in [0.25, 0.3) is 0 Å². The highest BCUT2D eigenvalue weighted by molar-refractivity contribution is 9.10. The first kappa shape index (κ1) is 12.2. The Morgan fingerprint density at radius 1 is 1.31 bits per heavy atom. The number of rotatable bonds is 2. The molecule has 16 heavy (non-hydrogen) atoms. The highest BCUT2D eigenvalue weighted by atomic mass is 79.9. The van der Waals surface area contributed by atoms with Gasteiger partial charge in [-0.3, -0.25) is 0 Å². The molecule has 0 spiro atoms. The Bertz CT molecular complexity index is 414. The monoisotopic (exact) mass is 299 g/mol. The largest absolute Gasteiger partial charge is 0.320 e. The molecule has 0 aromatic heterocycles. The van der Waals surface area contributed by atoms with Crippen molar-refractivity contribution in [1.29, 1.82) is 0 Å². The lowest BCUT2D eigenvalue weighted by Crippen LogP contribution is -2.15. The van der Waals surface area contributed by atoms with Gasteiger partial charge in [0.2, 0.25) is 0 Å². The van der Waals surface area contributed by atoms with Gasteiger partial charge in [0, 0.05) is 4.47 Å². The second-order valence-electron chi connectivity index (χ2n) is 4.15. The number of nitrogens with two attached hydrogens (primary N) is 1. The summed E-state index contributed by atoms with van der Waals surface area (Å²) in [7, 11) is 0. The van der Waals surface area contributed by atoms with E-state index in [0.29, 0.717) is 0 Å². The van der Waals surface area contributed by atoms with E-state index in [1.165, 1.54) is 18.4 Å². The SMILES string of the molecule is NC(C1=CCCCC1)c1cccc(Br)c1Cl. The fraction of sp³-hybridized carbons (Fsp3) is 0.385. The third-order valence-corrected chi connectivity index (χ3v) is 4.35. The minimum atomic E-state index is -0.0506. The molecule has 0 radical (unpaired) electrons. The maximum Gasteiger partial charge on any atom is 0.0599 e. The summed E-state index contributed by atoms with van der Waals surface area (Å²) in [6.45, 7) is 0. The van der Waals surface area contributed by atoms with Gasteiger partial charge in [-0.15, -0.1) is 0 Å². The first-order valence-corrected chi connectivity index (χ1v) is 6.75. The Hall–Kier alpha value is -0.310. The third kappa shape index (κ3) is 2.50.